The van der Waals surface area contributed by atoms with Crippen LogP contribution in [0.1, 0.15) is 11.1 Å². The summed E-state index contributed by atoms with van der Waals surface area (Å²) < 4.78 is 0. The number of halogens is 2. The summed E-state index contributed by atoms with van der Waals surface area (Å²) in [6, 6.07) is 20.2. The minimum atomic E-state index is -0.513. The number of aliphatic hydroxyl groups is 1. The van der Waals surface area contributed by atoms with Crippen LogP contribution in [0.25, 0.3) is 0 Å². The van der Waals surface area contributed by atoms with Gasteiger partial charge in [-0.15, -0.1) is 24.8 Å². The molecule has 2 atom stereocenters. The summed E-state index contributed by atoms with van der Waals surface area (Å²) in [7, 11) is 2.03. The van der Waals surface area contributed by atoms with E-state index in [0.717, 1.165) is 13.0 Å². The summed E-state index contributed by atoms with van der Waals surface area (Å²) in [5.41, 5.74) is 8.61. The van der Waals surface area contributed by atoms with E-state index in [1.807, 2.05) is 43.4 Å². The quantitative estimate of drug-likeness (QED) is 0.750. The Morgan fingerprint density at radius 3 is 1.96 bits per heavy atom. The zero-order valence-electron chi connectivity index (χ0n) is 14.0. The fourth-order valence-corrected chi connectivity index (χ4v) is 2.53. The van der Waals surface area contributed by atoms with Gasteiger partial charge in [-0.05, 0) is 31.0 Å². The van der Waals surface area contributed by atoms with Crippen molar-refractivity contribution < 1.29 is 5.11 Å². The molecule has 0 fully saturated rings. The van der Waals surface area contributed by atoms with Gasteiger partial charge in [0.1, 0.15) is 0 Å². The summed E-state index contributed by atoms with van der Waals surface area (Å²) in [5, 5.41) is 10.3. The third-order valence-electron chi connectivity index (χ3n) is 3.93. The van der Waals surface area contributed by atoms with Gasteiger partial charge in [-0.2, -0.15) is 0 Å². The first-order valence-corrected chi connectivity index (χ1v) is 7.85. The van der Waals surface area contributed by atoms with Crippen molar-refractivity contribution in [2.45, 2.75) is 25.0 Å². The fraction of sp³-hybridized carbons (Fsp3) is 0.368. The van der Waals surface area contributed by atoms with Crippen molar-refractivity contribution >= 4 is 24.8 Å². The molecule has 2 aromatic rings. The van der Waals surface area contributed by atoms with Gasteiger partial charge in [0.05, 0.1) is 6.10 Å². The van der Waals surface area contributed by atoms with Crippen LogP contribution in [0, 0.1) is 0 Å². The predicted molar refractivity (Wildman–Crippen MR) is 106 cm³/mol. The predicted octanol–water partition coefficient (Wildman–Crippen LogP) is 2.94. The molecule has 0 aliphatic carbocycles. The largest absolute Gasteiger partial charge is 0.390 e. The Balaban J connectivity index is 0.00000264. The number of benzene rings is 2. The minimum absolute atomic E-state index is 0. The Morgan fingerprint density at radius 1 is 0.917 bits per heavy atom. The molecule has 0 radical (unpaired) electrons. The lowest BCUT2D eigenvalue weighted by atomic mass is 10.0. The van der Waals surface area contributed by atoms with E-state index in [9.17, 15) is 5.11 Å². The topological polar surface area (TPSA) is 49.5 Å². The molecular weight excluding hydrogens is 343 g/mol. The van der Waals surface area contributed by atoms with Crippen LogP contribution in [0.3, 0.4) is 0 Å². The zero-order chi connectivity index (χ0) is 15.8. The number of hydrogen-bond acceptors (Lipinski definition) is 3. The molecule has 0 saturated heterocycles. The molecule has 0 amide bonds. The first kappa shape index (κ1) is 22.9. The Kier molecular flexibility index (Phi) is 11.7. The van der Waals surface area contributed by atoms with E-state index in [1.54, 1.807) is 0 Å². The van der Waals surface area contributed by atoms with Crippen LogP contribution in [-0.4, -0.2) is 42.3 Å². The van der Waals surface area contributed by atoms with E-state index >= 15 is 0 Å². The molecule has 0 unspecified atom stereocenters. The average molecular weight is 371 g/mol. The Labute approximate surface area is 157 Å². The molecule has 0 spiro atoms. The average Bonchev–Trinajstić information content (AvgIpc) is 2.55. The van der Waals surface area contributed by atoms with Gasteiger partial charge in [0.25, 0.3) is 0 Å². The van der Waals surface area contributed by atoms with Crippen molar-refractivity contribution in [3.05, 3.63) is 71.8 Å². The number of hydrogen-bond donors (Lipinski definition) is 2. The number of nitrogens with two attached hydrogens (primary N) is 1. The molecule has 0 aliphatic rings. The highest BCUT2D eigenvalue weighted by molar-refractivity contribution is 5.85. The third-order valence-corrected chi connectivity index (χ3v) is 3.93. The second kappa shape index (κ2) is 12.3. The lowest BCUT2D eigenvalue weighted by Crippen LogP contribution is -2.44. The molecule has 2 aromatic carbocycles. The second-order valence-electron chi connectivity index (χ2n) is 5.92. The van der Waals surface area contributed by atoms with Crippen molar-refractivity contribution in [1.29, 1.82) is 0 Å². The molecule has 0 aliphatic heterocycles. The number of aliphatic hydroxyl groups excluding tert-OH is 1. The normalized spacial score (nSPS) is 12.8. The molecule has 3 N–H and O–H groups in total. The first-order chi connectivity index (χ1) is 10.6. The van der Waals surface area contributed by atoms with Gasteiger partial charge < -0.3 is 15.7 Å². The highest BCUT2D eigenvalue weighted by Gasteiger charge is 2.17. The summed E-state index contributed by atoms with van der Waals surface area (Å²) in [4.78, 5) is 2.14. The molecule has 0 aromatic heterocycles. The Morgan fingerprint density at radius 2 is 1.42 bits per heavy atom. The van der Waals surface area contributed by atoms with Crippen molar-refractivity contribution in [3.8, 4) is 0 Å². The Bertz CT molecular complexity index is 540. The van der Waals surface area contributed by atoms with Gasteiger partial charge in [0.2, 0.25) is 0 Å². The molecule has 0 saturated carbocycles. The van der Waals surface area contributed by atoms with Gasteiger partial charge in [0.15, 0.2) is 0 Å². The highest BCUT2D eigenvalue weighted by atomic mass is 35.5. The van der Waals surface area contributed by atoms with E-state index in [1.165, 1.54) is 11.1 Å². The third kappa shape index (κ3) is 8.13. The molecular formula is C19H28Cl2N2O. The number of rotatable bonds is 8. The second-order valence-corrected chi connectivity index (χ2v) is 5.92. The maximum atomic E-state index is 10.3. The van der Waals surface area contributed by atoms with Crippen LogP contribution in [-0.2, 0) is 12.8 Å². The molecule has 134 valence electrons. The zero-order valence-corrected chi connectivity index (χ0v) is 15.7. The van der Waals surface area contributed by atoms with Crippen molar-refractivity contribution in [2.24, 2.45) is 5.73 Å². The van der Waals surface area contributed by atoms with Crippen LogP contribution < -0.4 is 5.73 Å². The molecule has 24 heavy (non-hydrogen) atoms. The van der Waals surface area contributed by atoms with Gasteiger partial charge in [-0.25, -0.2) is 0 Å². The molecule has 3 nitrogen and oxygen atoms in total. The van der Waals surface area contributed by atoms with E-state index in [4.69, 9.17) is 5.73 Å². The van der Waals surface area contributed by atoms with E-state index in [2.05, 4.69) is 29.2 Å². The van der Waals surface area contributed by atoms with Gasteiger partial charge in [-0.1, -0.05) is 60.7 Å². The molecule has 5 heteroatoms. The lowest BCUT2D eigenvalue weighted by Gasteiger charge is -2.25. The van der Waals surface area contributed by atoms with Crippen molar-refractivity contribution in [1.82, 2.24) is 4.90 Å². The number of likely N-dealkylation sites (N-methyl/N-ethyl adjacent to an activating group) is 1. The monoisotopic (exact) mass is 370 g/mol. The smallest absolute Gasteiger partial charge is 0.0820 e. The standard InChI is InChI=1S/C19H26N2O.2ClH/c1-21(13-12-16-8-4-2-5-9-16)15-19(22)18(20)14-17-10-6-3-7-11-17;;/h2-11,18-19,22H,12-15,20H2,1H3;2*1H/t18-,19-;;/m1../s1. The van der Waals surface area contributed by atoms with Gasteiger partial charge in [0, 0.05) is 19.1 Å². The van der Waals surface area contributed by atoms with Crippen LogP contribution >= 0.6 is 24.8 Å². The van der Waals surface area contributed by atoms with Crippen LogP contribution in [0.5, 0.6) is 0 Å². The van der Waals surface area contributed by atoms with E-state index < -0.39 is 6.10 Å². The molecule has 2 rings (SSSR count). The van der Waals surface area contributed by atoms with Crippen molar-refractivity contribution in [2.75, 3.05) is 20.1 Å². The van der Waals surface area contributed by atoms with E-state index in [0.29, 0.717) is 13.0 Å². The van der Waals surface area contributed by atoms with Crippen molar-refractivity contribution in [3.63, 3.8) is 0 Å². The molecule has 0 heterocycles. The Hall–Kier alpha value is -1.10. The lowest BCUT2D eigenvalue weighted by molar-refractivity contribution is 0.102. The first-order valence-electron chi connectivity index (χ1n) is 7.85. The SMILES string of the molecule is CN(CCc1ccccc1)C[C@@H](O)[C@H](N)Cc1ccccc1.Cl.Cl. The highest BCUT2D eigenvalue weighted by Crippen LogP contribution is 2.06. The van der Waals surface area contributed by atoms with Crippen LogP contribution in [0.15, 0.2) is 60.7 Å². The summed E-state index contributed by atoms with van der Waals surface area (Å²) in [6.45, 7) is 1.51. The maximum Gasteiger partial charge on any atom is 0.0820 e. The molecule has 0 bridgehead atoms. The minimum Gasteiger partial charge on any atom is -0.390 e. The summed E-state index contributed by atoms with van der Waals surface area (Å²) in [5.74, 6) is 0. The van der Waals surface area contributed by atoms with E-state index in [-0.39, 0.29) is 30.9 Å². The summed E-state index contributed by atoms with van der Waals surface area (Å²) >= 11 is 0. The summed E-state index contributed by atoms with van der Waals surface area (Å²) in [6.07, 6.45) is 1.17. The number of nitrogens with zero attached hydrogens (tertiary/aromatic N) is 1. The van der Waals surface area contributed by atoms with Gasteiger partial charge >= 0.3 is 0 Å². The van der Waals surface area contributed by atoms with Crippen LogP contribution in [0.2, 0.25) is 0 Å². The van der Waals surface area contributed by atoms with Crippen LogP contribution in [0.4, 0.5) is 0 Å². The fourth-order valence-electron chi connectivity index (χ4n) is 2.53. The van der Waals surface area contributed by atoms with Gasteiger partial charge in [-0.3, -0.25) is 0 Å². The maximum absolute atomic E-state index is 10.3.